The van der Waals surface area contributed by atoms with Crippen LogP contribution in [0.15, 0.2) is 71.3 Å². The van der Waals surface area contributed by atoms with Gasteiger partial charge in [-0.2, -0.15) is 0 Å². The number of hydrogen-bond acceptors (Lipinski definition) is 9. The van der Waals surface area contributed by atoms with Gasteiger partial charge in [0.1, 0.15) is 12.4 Å². The van der Waals surface area contributed by atoms with Crippen molar-refractivity contribution in [1.82, 2.24) is 14.6 Å². The number of benzene rings is 2. The van der Waals surface area contributed by atoms with Crippen molar-refractivity contribution >= 4 is 16.9 Å². The van der Waals surface area contributed by atoms with Crippen LogP contribution < -0.4 is 21.9 Å². The second kappa shape index (κ2) is 10.1. The largest absolute Gasteiger partial charge is 0.497 e. The van der Waals surface area contributed by atoms with Crippen LogP contribution in [0, 0.1) is 0 Å². The zero-order chi connectivity index (χ0) is 28.9. The Morgan fingerprint density at radius 3 is 2.71 bits per heavy atom. The number of nitrogens with two attached hydrogens (primary N) is 2. The Bertz CT molecular complexity index is 1780. The van der Waals surface area contributed by atoms with E-state index in [9.17, 15) is 14.7 Å². The Kier molecular flexibility index (Phi) is 6.51. The number of rotatable bonds is 7. The van der Waals surface area contributed by atoms with Gasteiger partial charge in [-0.25, -0.2) is 15.6 Å². The zero-order valence-electron chi connectivity index (χ0n) is 22.9. The first-order valence-electron chi connectivity index (χ1n) is 13.4. The van der Waals surface area contributed by atoms with Crippen LogP contribution in [0.25, 0.3) is 22.3 Å². The van der Waals surface area contributed by atoms with Crippen LogP contribution in [0.4, 0.5) is 0 Å². The van der Waals surface area contributed by atoms with E-state index in [4.69, 9.17) is 26.0 Å². The van der Waals surface area contributed by atoms with Gasteiger partial charge >= 0.3 is 5.97 Å². The first kappa shape index (κ1) is 26.5. The van der Waals surface area contributed by atoms with Gasteiger partial charge in [-0.05, 0) is 41.8 Å². The molecule has 6 rings (SSSR count). The summed E-state index contributed by atoms with van der Waals surface area (Å²) in [7, 11) is 1.60. The van der Waals surface area contributed by atoms with Crippen molar-refractivity contribution in [2.24, 2.45) is 11.6 Å². The lowest BCUT2D eigenvalue weighted by molar-refractivity contribution is -0.172. The molecule has 4 aromatic rings. The number of carbonyl (C=O) groups excluding carboxylic acids is 1. The van der Waals surface area contributed by atoms with E-state index in [1.807, 2.05) is 48.5 Å². The van der Waals surface area contributed by atoms with E-state index >= 15 is 0 Å². The molecule has 41 heavy (non-hydrogen) atoms. The lowest BCUT2D eigenvalue weighted by Gasteiger charge is -2.31. The lowest BCUT2D eigenvalue weighted by Crippen LogP contribution is -2.44. The van der Waals surface area contributed by atoms with Crippen molar-refractivity contribution in [2.75, 3.05) is 7.11 Å². The number of nitrogens with zero attached hydrogens (tertiary/aromatic N) is 3. The van der Waals surface area contributed by atoms with Crippen molar-refractivity contribution in [3.05, 3.63) is 105 Å². The molecule has 2 aliphatic rings. The predicted molar refractivity (Wildman–Crippen MR) is 153 cm³/mol. The quantitative estimate of drug-likeness (QED) is 0.157. The molecular weight excluding hydrogens is 522 g/mol. The van der Waals surface area contributed by atoms with Gasteiger partial charge in [-0.15, -0.1) is 0 Å². The van der Waals surface area contributed by atoms with Gasteiger partial charge in [0.2, 0.25) is 0 Å². The number of ether oxygens (including phenoxy) is 2. The van der Waals surface area contributed by atoms with Crippen LogP contribution in [-0.4, -0.2) is 32.7 Å². The fourth-order valence-corrected chi connectivity index (χ4v) is 5.77. The number of carbonyl (C=O) groups is 1. The van der Waals surface area contributed by atoms with Gasteiger partial charge < -0.3 is 29.9 Å². The van der Waals surface area contributed by atoms with Crippen molar-refractivity contribution in [1.29, 1.82) is 0 Å². The lowest BCUT2D eigenvalue weighted by atomic mass is 9.86. The third kappa shape index (κ3) is 4.41. The fourth-order valence-electron chi connectivity index (χ4n) is 5.77. The number of cyclic esters (lactones) is 1. The fraction of sp³-hybridized carbons (Fsp3) is 0.258. The molecule has 10 heteroatoms. The number of allylic oxidation sites excluding steroid dienone is 1. The molecule has 5 N–H and O–H groups in total. The molecule has 0 spiro atoms. The van der Waals surface area contributed by atoms with Gasteiger partial charge in [0.15, 0.2) is 5.60 Å². The number of fused-ring (bicyclic) bond motifs is 5. The Hall–Kier alpha value is -4.67. The molecule has 2 aromatic carbocycles. The molecule has 1 atom stereocenters. The summed E-state index contributed by atoms with van der Waals surface area (Å²) in [6, 6.07) is 17.2. The highest BCUT2D eigenvalue weighted by atomic mass is 16.6. The summed E-state index contributed by atoms with van der Waals surface area (Å²) in [5, 5.41) is 13.6. The number of hydrazine groups is 1. The summed E-state index contributed by atoms with van der Waals surface area (Å²) in [4.78, 5) is 31.1. The number of aliphatic hydroxyl groups is 1. The second-order valence-corrected chi connectivity index (χ2v) is 10.4. The maximum absolute atomic E-state index is 13.7. The van der Waals surface area contributed by atoms with E-state index in [0.717, 1.165) is 22.1 Å². The molecule has 10 nitrogen and oxygen atoms in total. The summed E-state index contributed by atoms with van der Waals surface area (Å²) < 4.78 is 12.3. The highest BCUT2D eigenvalue weighted by Crippen LogP contribution is 2.40. The van der Waals surface area contributed by atoms with E-state index in [1.54, 1.807) is 30.9 Å². The predicted octanol–water partition coefficient (Wildman–Crippen LogP) is 2.81. The zero-order valence-corrected chi connectivity index (χ0v) is 22.9. The molecule has 2 aliphatic heterocycles. The molecule has 0 amide bonds. The molecule has 2 aromatic heterocycles. The average molecular weight is 554 g/mol. The Balaban J connectivity index is 1.47. The van der Waals surface area contributed by atoms with E-state index in [2.05, 4.69) is 0 Å². The number of hydrogen-bond donors (Lipinski definition) is 3. The van der Waals surface area contributed by atoms with E-state index < -0.39 is 11.6 Å². The minimum Gasteiger partial charge on any atom is -0.497 e. The Morgan fingerprint density at radius 1 is 1.20 bits per heavy atom. The molecule has 0 fully saturated rings. The molecule has 0 unspecified atom stereocenters. The van der Waals surface area contributed by atoms with E-state index in [0.29, 0.717) is 34.8 Å². The molecule has 0 aliphatic carbocycles. The average Bonchev–Trinajstić information content (AvgIpc) is 3.34. The standard InChI is InChI=1S/C31H31N5O5/c1-3-31(39)25-13-27-28-23(16-36(27)29(37)24(25)17-41-30(31)38)22(21-12-20(40-2)9-10-26(21)34-28)15-35(33)14-19(32)11-18-7-5-4-6-8-18/h4-10,12-14,39H,3,11,15-17,32-33H2,1-2H3/b19-14-/t31-/m0/s1. The van der Waals surface area contributed by atoms with Crippen LogP contribution in [-0.2, 0) is 41.2 Å². The highest BCUT2D eigenvalue weighted by molar-refractivity contribution is 5.90. The van der Waals surface area contributed by atoms with Gasteiger partial charge in [0.05, 0.1) is 42.7 Å². The van der Waals surface area contributed by atoms with Gasteiger partial charge in [-0.1, -0.05) is 37.3 Å². The summed E-state index contributed by atoms with van der Waals surface area (Å²) in [5.41, 5.74) is 9.86. The minimum absolute atomic E-state index is 0.0731. The van der Waals surface area contributed by atoms with Crippen LogP contribution in [0.1, 0.15) is 41.2 Å². The monoisotopic (exact) mass is 553 g/mol. The smallest absolute Gasteiger partial charge is 0.343 e. The summed E-state index contributed by atoms with van der Waals surface area (Å²) >= 11 is 0. The van der Waals surface area contributed by atoms with Gasteiger partial charge in [0.25, 0.3) is 5.56 Å². The number of methoxy groups -OCH3 is 1. The Labute approximate surface area is 236 Å². The maximum atomic E-state index is 13.7. The van der Waals surface area contributed by atoms with Crippen molar-refractivity contribution in [3.63, 3.8) is 0 Å². The first-order chi connectivity index (χ1) is 19.7. The molecular formula is C31H31N5O5. The molecule has 0 radical (unpaired) electrons. The van der Waals surface area contributed by atoms with Crippen LogP contribution in [0.3, 0.4) is 0 Å². The van der Waals surface area contributed by atoms with Crippen molar-refractivity contribution in [2.45, 2.75) is 45.1 Å². The third-order valence-electron chi connectivity index (χ3n) is 7.94. The van der Waals surface area contributed by atoms with Crippen molar-refractivity contribution < 1.29 is 19.4 Å². The molecule has 0 saturated carbocycles. The summed E-state index contributed by atoms with van der Waals surface area (Å²) in [5.74, 6) is 6.39. The number of aromatic nitrogens is 2. The maximum Gasteiger partial charge on any atom is 0.343 e. The first-order valence-corrected chi connectivity index (χ1v) is 13.4. The SMILES string of the molecule is CC[C@@]1(O)C(=O)OCc2c1cc1n(c2=O)Cc2c-1nc1ccc(OC)cc1c2CN(N)/C=C(\N)Cc1ccccc1. The Morgan fingerprint density at radius 2 is 1.98 bits per heavy atom. The highest BCUT2D eigenvalue weighted by Gasteiger charge is 2.45. The van der Waals surface area contributed by atoms with Crippen LogP contribution >= 0.6 is 0 Å². The normalized spacial score (nSPS) is 17.6. The van der Waals surface area contributed by atoms with Crippen LogP contribution in [0.5, 0.6) is 5.75 Å². The number of pyridine rings is 2. The molecule has 4 heterocycles. The summed E-state index contributed by atoms with van der Waals surface area (Å²) in [6.45, 7) is 2.03. The van der Waals surface area contributed by atoms with Gasteiger partial charge in [0, 0.05) is 34.8 Å². The topological polar surface area (TPSA) is 146 Å². The number of esters is 1. The third-order valence-corrected chi connectivity index (χ3v) is 7.94. The summed E-state index contributed by atoms with van der Waals surface area (Å²) in [6.07, 6.45) is 2.33. The second-order valence-electron chi connectivity index (χ2n) is 10.4. The molecule has 210 valence electrons. The van der Waals surface area contributed by atoms with E-state index in [1.165, 1.54) is 5.01 Å². The van der Waals surface area contributed by atoms with Gasteiger partial charge in [-0.3, -0.25) is 4.79 Å². The minimum atomic E-state index is -1.90. The molecule has 0 bridgehead atoms. The van der Waals surface area contributed by atoms with Crippen LogP contribution in [0.2, 0.25) is 0 Å². The van der Waals surface area contributed by atoms with E-state index in [-0.39, 0.29) is 42.8 Å². The van der Waals surface area contributed by atoms with Crippen molar-refractivity contribution in [3.8, 4) is 17.1 Å². The molecule has 0 saturated heterocycles.